The van der Waals surface area contributed by atoms with Crippen LogP contribution in [0.3, 0.4) is 0 Å². The molecule has 0 saturated carbocycles. The predicted molar refractivity (Wildman–Crippen MR) is 65.4 cm³/mol. The van der Waals surface area contributed by atoms with E-state index in [0.717, 1.165) is 5.56 Å². The lowest BCUT2D eigenvalue weighted by molar-refractivity contribution is -0.138. The molecule has 2 N–H and O–H groups in total. The van der Waals surface area contributed by atoms with E-state index in [-0.39, 0.29) is 25.2 Å². The van der Waals surface area contributed by atoms with E-state index in [4.69, 9.17) is 5.11 Å². The Morgan fingerprint density at radius 2 is 1.72 bits per heavy atom. The summed E-state index contributed by atoms with van der Waals surface area (Å²) in [5, 5.41) is 10.8. The number of carbonyl (C=O) groups is 3. The van der Waals surface area contributed by atoms with Gasteiger partial charge in [-0.2, -0.15) is 0 Å². The van der Waals surface area contributed by atoms with Gasteiger partial charge >= 0.3 is 5.97 Å². The Hall–Kier alpha value is -2.17. The van der Waals surface area contributed by atoms with E-state index >= 15 is 0 Å². The van der Waals surface area contributed by atoms with Gasteiger partial charge in [-0.15, -0.1) is 0 Å². The van der Waals surface area contributed by atoms with E-state index in [9.17, 15) is 14.4 Å². The fraction of sp³-hybridized carbons (Fsp3) is 0.308. The van der Waals surface area contributed by atoms with Crippen LogP contribution >= 0.6 is 0 Å². The van der Waals surface area contributed by atoms with Crippen molar-refractivity contribution >= 4 is 17.7 Å². The highest BCUT2D eigenvalue weighted by molar-refractivity contribution is 5.99. The lowest BCUT2D eigenvalue weighted by Crippen LogP contribution is -2.29. The van der Waals surface area contributed by atoms with Gasteiger partial charge in [0.1, 0.15) is 0 Å². The zero-order valence-electron chi connectivity index (χ0n) is 10.1. The summed E-state index contributed by atoms with van der Waals surface area (Å²) in [6.45, 7) is 1.81. The molecule has 0 unspecified atom stereocenters. The first-order valence-corrected chi connectivity index (χ1v) is 5.57. The van der Waals surface area contributed by atoms with Crippen molar-refractivity contribution in [2.45, 2.75) is 19.8 Å². The molecule has 0 atom stereocenters. The van der Waals surface area contributed by atoms with Crippen LogP contribution in [0.25, 0.3) is 0 Å². The van der Waals surface area contributed by atoms with E-state index in [2.05, 4.69) is 5.32 Å². The number of hydrogen-bond donors (Lipinski definition) is 2. The molecular weight excluding hydrogens is 234 g/mol. The Labute approximate surface area is 105 Å². The van der Waals surface area contributed by atoms with E-state index in [1.54, 1.807) is 12.1 Å². The summed E-state index contributed by atoms with van der Waals surface area (Å²) in [7, 11) is 0. The van der Waals surface area contributed by atoms with Crippen LogP contribution in [0.4, 0.5) is 0 Å². The van der Waals surface area contributed by atoms with Gasteiger partial charge in [0.25, 0.3) is 0 Å². The monoisotopic (exact) mass is 249 g/mol. The van der Waals surface area contributed by atoms with Crippen molar-refractivity contribution in [1.82, 2.24) is 5.32 Å². The fourth-order valence-electron chi connectivity index (χ4n) is 1.33. The largest absolute Gasteiger partial charge is 0.481 e. The van der Waals surface area contributed by atoms with Crippen LogP contribution < -0.4 is 5.32 Å². The standard InChI is InChI=1S/C13H15NO4/c1-9-2-4-10(5-3-9)11(15)8-14-12(16)6-7-13(17)18/h2-5H,6-8H2,1H3,(H,14,16)(H,17,18). The molecule has 18 heavy (non-hydrogen) atoms. The lowest BCUT2D eigenvalue weighted by atomic mass is 10.1. The normalized spacial score (nSPS) is 9.83. The van der Waals surface area contributed by atoms with Gasteiger partial charge in [-0.1, -0.05) is 29.8 Å². The number of ketones is 1. The molecule has 1 amide bonds. The molecule has 0 radical (unpaired) electrons. The number of carboxylic acids is 1. The van der Waals surface area contributed by atoms with Gasteiger partial charge in [-0.3, -0.25) is 14.4 Å². The number of nitrogens with one attached hydrogen (secondary N) is 1. The van der Waals surface area contributed by atoms with Gasteiger partial charge in [0.2, 0.25) is 5.91 Å². The highest BCUT2D eigenvalue weighted by Gasteiger charge is 2.09. The molecule has 0 aliphatic carbocycles. The summed E-state index contributed by atoms with van der Waals surface area (Å²) < 4.78 is 0. The fourth-order valence-corrected chi connectivity index (χ4v) is 1.33. The molecule has 0 aliphatic rings. The van der Waals surface area contributed by atoms with Crippen molar-refractivity contribution in [2.24, 2.45) is 0 Å². The quantitative estimate of drug-likeness (QED) is 0.741. The first-order valence-electron chi connectivity index (χ1n) is 5.57. The van der Waals surface area contributed by atoms with Crippen LogP contribution in [0, 0.1) is 6.92 Å². The topological polar surface area (TPSA) is 83.5 Å². The van der Waals surface area contributed by atoms with E-state index < -0.39 is 11.9 Å². The molecular formula is C13H15NO4. The molecule has 0 bridgehead atoms. The third-order valence-electron chi connectivity index (χ3n) is 2.39. The van der Waals surface area contributed by atoms with Crippen LogP contribution in [0.1, 0.15) is 28.8 Å². The number of rotatable bonds is 6. The third-order valence-corrected chi connectivity index (χ3v) is 2.39. The average Bonchev–Trinajstić information content (AvgIpc) is 2.34. The number of amides is 1. The van der Waals surface area contributed by atoms with Crippen molar-refractivity contribution in [3.8, 4) is 0 Å². The summed E-state index contributed by atoms with van der Waals surface area (Å²) >= 11 is 0. The molecule has 0 fully saturated rings. The van der Waals surface area contributed by atoms with Crippen molar-refractivity contribution in [1.29, 1.82) is 0 Å². The Balaban J connectivity index is 2.39. The smallest absolute Gasteiger partial charge is 0.303 e. The summed E-state index contributed by atoms with van der Waals surface area (Å²) in [5.41, 5.74) is 1.58. The van der Waals surface area contributed by atoms with Crippen molar-refractivity contribution in [3.05, 3.63) is 35.4 Å². The van der Waals surface area contributed by atoms with E-state index in [0.29, 0.717) is 5.56 Å². The molecule has 5 heteroatoms. The van der Waals surface area contributed by atoms with Crippen LogP contribution in [0.2, 0.25) is 0 Å². The second kappa shape index (κ2) is 6.54. The van der Waals surface area contributed by atoms with Crippen molar-refractivity contribution in [3.63, 3.8) is 0 Å². The summed E-state index contributed by atoms with van der Waals surface area (Å²) in [6.07, 6.45) is -0.346. The Morgan fingerprint density at radius 1 is 1.11 bits per heavy atom. The molecule has 1 aromatic rings. The van der Waals surface area contributed by atoms with Crippen LogP contribution in [-0.4, -0.2) is 29.3 Å². The SMILES string of the molecule is Cc1ccc(C(=O)CNC(=O)CCC(=O)O)cc1. The van der Waals surface area contributed by atoms with Crippen LogP contribution in [0.5, 0.6) is 0 Å². The molecule has 1 rings (SSSR count). The van der Waals surface area contributed by atoms with Gasteiger partial charge < -0.3 is 10.4 Å². The molecule has 1 aromatic carbocycles. The zero-order chi connectivity index (χ0) is 13.5. The highest BCUT2D eigenvalue weighted by Crippen LogP contribution is 2.03. The summed E-state index contributed by atoms with van der Waals surface area (Å²) in [5.74, 6) is -1.66. The summed E-state index contributed by atoms with van der Waals surface area (Å²) in [4.78, 5) is 33.1. The molecule has 0 saturated heterocycles. The maximum Gasteiger partial charge on any atom is 0.303 e. The number of carboxylic acid groups (broad SMARTS) is 1. The minimum absolute atomic E-state index is 0.110. The van der Waals surface area contributed by atoms with Crippen LogP contribution in [0.15, 0.2) is 24.3 Å². The van der Waals surface area contributed by atoms with Crippen molar-refractivity contribution in [2.75, 3.05) is 6.54 Å². The number of Topliss-reactive ketones (excluding diaryl/α,β-unsaturated/α-hetero) is 1. The van der Waals surface area contributed by atoms with Gasteiger partial charge in [0.15, 0.2) is 5.78 Å². The lowest BCUT2D eigenvalue weighted by Gasteiger charge is -2.04. The second-order valence-electron chi connectivity index (χ2n) is 3.96. The number of hydrogen-bond acceptors (Lipinski definition) is 3. The minimum Gasteiger partial charge on any atom is -0.481 e. The first kappa shape index (κ1) is 13.9. The Bertz CT molecular complexity index is 451. The molecule has 0 heterocycles. The molecule has 0 spiro atoms. The van der Waals surface area contributed by atoms with Gasteiger partial charge in [-0.05, 0) is 6.92 Å². The molecule has 0 aromatic heterocycles. The zero-order valence-corrected chi connectivity index (χ0v) is 10.1. The maximum absolute atomic E-state index is 11.7. The number of aliphatic carboxylic acids is 1. The average molecular weight is 249 g/mol. The van der Waals surface area contributed by atoms with Gasteiger partial charge in [0, 0.05) is 12.0 Å². The number of aryl methyl sites for hydroxylation is 1. The Kier molecular flexibility index (Phi) is 5.05. The van der Waals surface area contributed by atoms with E-state index in [1.807, 2.05) is 19.1 Å². The molecule has 0 aliphatic heterocycles. The minimum atomic E-state index is -1.03. The predicted octanol–water partition coefficient (Wildman–Crippen LogP) is 1.16. The molecule has 96 valence electrons. The Morgan fingerprint density at radius 3 is 2.28 bits per heavy atom. The number of benzene rings is 1. The second-order valence-corrected chi connectivity index (χ2v) is 3.96. The maximum atomic E-state index is 11.7. The third kappa shape index (κ3) is 4.78. The van der Waals surface area contributed by atoms with E-state index in [1.165, 1.54) is 0 Å². The highest BCUT2D eigenvalue weighted by atomic mass is 16.4. The van der Waals surface area contributed by atoms with Crippen molar-refractivity contribution < 1.29 is 19.5 Å². The first-order chi connectivity index (χ1) is 8.49. The number of carbonyl (C=O) groups excluding carboxylic acids is 2. The van der Waals surface area contributed by atoms with Crippen LogP contribution in [-0.2, 0) is 9.59 Å². The van der Waals surface area contributed by atoms with Gasteiger partial charge in [0.05, 0.1) is 13.0 Å². The summed E-state index contributed by atoms with van der Waals surface area (Å²) in [6, 6.07) is 7.03. The van der Waals surface area contributed by atoms with Gasteiger partial charge in [-0.25, -0.2) is 0 Å². The molecule has 5 nitrogen and oxygen atoms in total.